The minimum absolute atomic E-state index is 0.0259. The van der Waals surface area contributed by atoms with Crippen LogP contribution in [0.15, 0.2) is 18.2 Å². The van der Waals surface area contributed by atoms with Crippen LogP contribution >= 0.6 is 0 Å². The van der Waals surface area contributed by atoms with Gasteiger partial charge >= 0.3 is 6.03 Å². The van der Waals surface area contributed by atoms with Gasteiger partial charge in [-0.25, -0.2) is 9.18 Å². The number of nitrogens with zero attached hydrogens (tertiary/aromatic N) is 1. The highest BCUT2D eigenvalue weighted by atomic mass is 19.1. The van der Waals surface area contributed by atoms with Crippen LogP contribution in [0, 0.1) is 6.92 Å². The molecule has 2 rings (SSSR count). The van der Waals surface area contributed by atoms with Crippen molar-refractivity contribution in [3.05, 3.63) is 29.3 Å². The number of piperidine rings is 1. The van der Waals surface area contributed by atoms with Gasteiger partial charge < -0.3 is 15.9 Å². The highest BCUT2D eigenvalue weighted by Gasteiger charge is 2.59. The topological polar surface area (TPSA) is 116 Å². The number of aryl methyl sites for hydroxylation is 1. The molecule has 1 aliphatic rings. The van der Waals surface area contributed by atoms with Gasteiger partial charge in [-0.3, -0.25) is 15.0 Å². The van der Waals surface area contributed by atoms with Gasteiger partial charge in [-0.1, -0.05) is 19.4 Å². The van der Waals surface area contributed by atoms with Crippen LogP contribution in [0.3, 0.4) is 0 Å². The third-order valence-electron chi connectivity index (χ3n) is 6.36. The number of benzene rings is 1. The number of nitrogens with one attached hydrogen (secondary N) is 1. The van der Waals surface area contributed by atoms with E-state index in [-0.39, 0.29) is 18.7 Å². The number of rotatable bonds is 7. The Hall–Kier alpha value is -2.19. The van der Waals surface area contributed by atoms with E-state index in [2.05, 4.69) is 5.32 Å². The van der Waals surface area contributed by atoms with E-state index in [1.807, 2.05) is 25.7 Å². The number of carbonyl (C=O) groups is 2. The Morgan fingerprint density at radius 2 is 2.10 bits per heavy atom. The smallest absolute Gasteiger partial charge is 0.318 e. The zero-order valence-corrected chi connectivity index (χ0v) is 17.4. The van der Waals surface area contributed by atoms with Crippen molar-refractivity contribution in [2.75, 3.05) is 19.8 Å². The molecule has 3 amide bonds. The molecule has 0 spiro atoms. The average molecular weight is 410 g/mol. The number of primary amides is 1. The number of halogens is 1. The SMILES string of the molecule is CCCC1(O)C(C)N(CCF)CCC1(CC(=O)NC(N)=O)c1cc(O)ccc1C. The first-order chi connectivity index (χ1) is 13.6. The summed E-state index contributed by atoms with van der Waals surface area (Å²) >= 11 is 0. The molecule has 162 valence electrons. The summed E-state index contributed by atoms with van der Waals surface area (Å²) in [7, 11) is 0. The Morgan fingerprint density at radius 3 is 2.69 bits per heavy atom. The number of amides is 3. The Bertz CT molecular complexity index is 759. The quantitative estimate of drug-likeness (QED) is 0.551. The number of phenolic OH excluding ortho intramolecular Hbond substituents is 1. The van der Waals surface area contributed by atoms with Crippen LogP contribution in [0.1, 0.15) is 50.7 Å². The fraction of sp³-hybridized carbons (Fsp3) is 0.619. The number of aromatic hydroxyl groups is 1. The molecule has 3 unspecified atom stereocenters. The Labute approximate surface area is 171 Å². The van der Waals surface area contributed by atoms with E-state index in [0.717, 1.165) is 5.56 Å². The normalized spacial score (nSPS) is 27.6. The Balaban J connectivity index is 2.67. The third kappa shape index (κ3) is 4.38. The second-order valence-corrected chi connectivity index (χ2v) is 8.00. The predicted octanol–water partition coefficient (Wildman–Crippen LogP) is 2.12. The van der Waals surface area contributed by atoms with Gasteiger partial charge in [-0.15, -0.1) is 0 Å². The van der Waals surface area contributed by atoms with E-state index in [4.69, 9.17) is 5.73 Å². The minimum atomic E-state index is -1.39. The van der Waals surface area contributed by atoms with Gasteiger partial charge in [0.2, 0.25) is 5.91 Å². The minimum Gasteiger partial charge on any atom is -0.508 e. The summed E-state index contributed by atoms with van der Waals surface area (Å²) in [5.74, 6) is -0.570. The molecule has 0 bridgehead atoms. The standard InChI is InChI=1S/C21H32FN3O4/c1-4-7-21(29)15(3)25(11-9-22)10-8-20(21,13-18(27)24-19(23)28)17-12-16(26)6-5-14(17)2/h5-6,12,15,26,29H,4,7-11,13H2,1-3H3,(H3,23,24,27,28). The summed E-state index contributed by atoms with van der Waals surface area (Å²) < 4.78 is 13.1. The van der Waals surface area contributed by atoms with E-state index < -0.39 is 35.7 Å². The second kappa shape index (κ2) is 9.09. The average Bonchev–Trinajstić information content (AvgIpc) is 2.63. The lowest BCUT2D eigenvalue weighted by Gasteiger charge is -2.58. The first kappa shape index (κ1) is 23.1. The van der Waals surface area contributed by atoms with Gasteiger partial charge in [-0.2, -0.15) is 0 Å². The molecule has 1 aliphatic heterocycles. The van der Waals surface area contributed by atoms with Gasteiger partial charge in [0.05, 0.1) is 5.60 Å². The van der Waals surface area contributed by atoms with Gasteiger partial charge in [0.1, 0.15) is 12.4 Å². The summed E-state index contributed by atoms with van der Waals surface area (Å²) in [6, 6.07) is 3.47. The summed E-state index contributed by atoms with van der Waals surface area (Å²) in [4.78, 5) is 25.8. The molecule has 1 aromatic carbocycles. The van der Waals surface area contributed by atoms with Crippen LogP contribution in [0.25, 0.3) is 0 Å². The van der Waals surface area contributed by atoms with Crippen molar-refractivity contribution >= 4 is 11.9 Å². The molecule has 1 aromatic rings. The van der Waals surface area contributed by atoms with Crippen molar-refractivity contribution in [3.8, 4) is 5.75 Å². The highest BCUT2D eigenvalue weighted by molar-refractivity contribution is 5.94. The zero-order valence-electron chi connectivity index (χ0n) is 17.4. The largest absolute Gasteiger partial charge is 0.508 e. The maximum atomic E-state index is 13.1. The summed E-state index contributed by atoms with van der Waals surface area (Å²) in [5, 5.41) is 24.3. The number of aliphatic hydroxyl groups is 1. The molecule has 0 radical (unpaired) electrons. The molecular formula is C21H32FN3O4. The number of imide groups is 1. The van der Waals surface area contributed by atoms with Gasteiger partial charge in [-0.05, 0) is 56.5 Å². The monoisotopic (exact) mass is 409 g/mol. The molecule has 0 aromatic heterocycles. The van der Waals surface area contributed by atoms with E-state index in [1.165, 1.54) is 0 Å². The van der Waals surface area contributed by atoms with Crippen LogP contribution in [0.2, 0.25) is 0 Å². The maximum Gasteiger partial charge on any atom is 0.318 e. The van der Waals surface area contributed by atoms with Crippen molar-refractivity contribution in [3.63, 3.8) is 0 Å². The van der Waals surface area contributed by atoms with Crippen molar-refractivity contribution in [2.24, 2.45) is 5.73 Å². The van der Waals surface area contributed by atoms with Crippen LogP contribution < -0.4 is 11.1 Å². The van der Waals surface area contributed by atoms with Crippen LogP contribution in [0.5, 0.6) is 5.75 Å². The molecule has 0 aliphatic carbocycles. The molecule has 3 atom stereocenters. The van der Waals surface area contributed by atoms with E-state index >= 15 is 0 Å². The highest BCUT2D eigenvalue weighted by Crippen LogP contribution is 2.51. The third-order valence-corrected chi connectivity index (χ3v) is 6.36. The Morgan fingerprint density at radius 1 is 1.41 bits per heavy atom. The molecule has 7 nitrogen and oxygen atoms in total. The first-order valence-corrected chi connectivity index (χ1v) is 10.0. The molecular weight excluding hydrogens is 377 g/mol. The number of phenols is 1. The molecule has 1 heterocycles. The Kier molecular flexibility index (Phi) is 7.24. The number of hydrogen-bond donors (Lipinski definition) is 4. The number of alkyl halides is 1. The molecule has 5 N–H and O–H groups in total. The summed E-state index contributed by atoms with van der Waals surface area (Å²) in [6.07, 6.45) is 1.20. The van der Waals surface area contributed by atoms with Gasteiger partial charge in [0.15, 0.2) is 0 Å². The molecule has 29 heavy (non-hydrogen) atoms. The van der Waals surface area contributed by atoms with Gasteiger partial charge in [0.25, 0.3) is 0 Å². The van der Waals surface area contributed by atoms with Crippen molar-refractivity contribution < 1.29 is 24.2 Å². The van der Waals surface area contributed by atoms with Crippen molar-refractivity contribution in [2.45, 2.75) is 63.5 Å². The first-order valence-electron chi connectivity index (χ1n) is 10.0. The molecule has 0 saturated carbocycles. The fourth-order valence-corrected chi connectivity index (χ4v) is 4.98. The zero-order chi connectivity index (χ0) is 21.8. The number of likely N-dealkylation sites (tertiary alicyclic amines) is 1. The van der Waals surface area contributed by atoms with E-state index in [9.17, 15) is 24.2 Å². The van der Waals surface area contributed by atoms with E-state index in [1.54, 1.807) is 18.2 Å². The van der Waals surface area contributed by atoms with Crippen molar-refractivity contribution in [1.82, 2.24) is 10.2 Å². The summed E-state index contributed by atoms with van der Waals surface area (Å²) in [5.41, 5.74) is 4.14. The fourth-order valence-electron chi connectivity index (χ4n) is 4.98. The van der Waals surface area contributed by atoms with E-state index in [0.29, 0.717) is 31.4 Å². The lowest BCUT2D eigenvalue weighted by Crippen LogP contribution is -2.68. The van der Waals surface area contributed by atoms with Crippen LogP contribution in [-0.2, 0) is 10.2 Å². The second-order valence-electron chi connectivity index (χ2n) is 8.00. The van der Waals surface area contributed by atoms with Crippen LogP contribution in [-0.4, -0.2) is 58.5 Å². The number of hydrogen-bond acceptors (Lipinski definition) is 5. The molecule has 1 fully saturated rings. The predicted molar refractivity (Wildman–Crippen MR) is 108 cm³/mol. The lowest BCUT2D eigenvalue weighted by molar-refractivity contribution is -0.151. The number of carbonyl (C=O) groups excluding carboxylic acids is 2. The molecule has 8 heteroatoms. The number of nitrogens with two attached hydrogens (primary N) is 1. The lowest BCUT2D eigenvalue weighted by atomic mass is 9.56. The van der Waals surface area contributed by atoms with Crippen molar-refractivity contribution in [1.29, 1.82) is 0 Å². The number of urea groups is 1. The maximum absolute atomic E-state index is 13.1. The molecule has 1 saturated heterocycles. The summed E-state index contributed by atoms with van der Waals surface area (Å²) in [6.45, 7) is 5.75. The van der Waals surface area contributed by atoms with Gasteiger partial charge in [0, 0.05) is 24.4 Å². The van der Waals surface area contributed by atoms with Crippen LogP contribution in [0.4, 0.5) is 9.18 Å².